The van der Waals surface area contributed by atoms with Gasteiger partial charge in [0.1, 0.15) is 12.0 Å². The Hall–Kier alpha value is -2.75. The summed E-state index contributed by atoms with van der Waals surface area (Å²) in [6.07, 6.45) is 0.755. The maximum Gasteiger partial charge on any atom is 0.280 e. The summed E-state index contributed by atoms with van der Waals surface area (Å²) in [4.78, 5) is 31.4. The maximum absolute atomic E-state index is 12.9. The molecule has 2 aromatic heterocycles. The lowest BCUT2D eigenvalue weighted by Crippen LogP contribution is -2.48. The largest absolute Gasteiger partial charge is 0.383 e. The molecule has 1 unspecified atom stereocenters. The summed E-state index contributed by atoms with van der Waals surface area (Å²) >= 11 is 1.61. The first-order valence-corrected chi connectivity index (χ1v) is 11.2. The van der Waals surface area contributed by atoms with Crippen molar-refractivity contribution in [1.82, 2.24) is 20.4 Å². The number of hydrogen-bond acceptors (Lipinski definition) is 7. The molecule has 1 aliphatic heterocycles. The van der Waals surface area contributed by atoms with Crippen LogP contribution >= 0.6 is 11.3 Å². The Kier molecular flexibility index (Phi) is 6.35. The molecule has 0 radical (unpaired) electrons. The van der Waals surface area contributed by atoms with Crippen molar-refractivity contribution < 1.29 is 14.4 Å². The van der Waals surface area contributed by atoms with Gasteiger partial charge in [-0.05, 0) is 37.8 Å². The summed E-state index contributed by atoms with van der Waals surface area (Å²) in [5.41, 5.74) is 4.64. The van der Waals surface area contributed by atoms with Crippen molar-refractivity contribution in [3.05, 3.63) is 63.2 Å². The van der Waals surface area contributed by atoms with E-state index in [0.29, 0.717) is 18.7 Å². The fourth-order valence-corrected chi connectivity index (χ4v) is 4.85. The number of carbonyl (C=O) groups excluding carboxylic acids is 1. The van der Waals surface area contributed by atoms with Crippen LogP contribution in [0.1, 0.15) is 42.8 Å². The number of nitrogens with zero attached hydrogens (tertiary/aromatic N) is 2. The van der Waals surface area contributed by atoms with E-state index in [4.69, 9.17) is 4.52 Å². The minimum absolute atomic E-state index is 0.109. The van der Waals surface area contributed by atoms with Gasteiger partial charge in [-0.1, -0.05) is 24.3 Å². The van der Waals surface area contributed by atoms with E-state index in [1.165, 1.54) is 6.07 Å². The molecule has 31 heavy (non-hydrogen) atoms. The van der Waals surface area contributed by atoms with Crippen LogP contribution in [0.15, 0.2) is 45.2 Å². The molecule has 0 bridgehead atoms. The number of carbonyl (C=O) groups is 1. The third-order valence-electron chi connectivity index (χ3n) is 5.72. The van der Waals surface area contributed by atoms with Crippen LogP contribution in [-0.2, 0) is 11.2 Å². The van der Waals surface area contributed by atoms with E-state index in [1.54, 1.807) is 16.2 Å². The molecule has 1 amide bonds. The van der Waals surface area contributed by atoms with Crippen molar-refractivity contribution >= 4 is 17.2 Å². The quantitative estimate of drug-likeness (QED) is 0.519. The molecule has 0 aliphatic carbocycles. The highest BCUT2D eigenvalue weighted by Gasteiger charge is 2.35. The highest BCUT2D eigenvalue weighted by molar-refractivity contribution is 7.13. The van der Waals surface area contributed by atoms with Crippen molar-refractivity contribution in [2.45, 2.75) is 51.4 Å². The van der Waals surface area contributed by atoms with Crippen molar-refractivity contribution in [2.75, 3.05) is 6.54 Å². The smallest absolute Gasteiger partial charge is 0.280 e. The Morgan fingerprint density at radius 3 is 2.84 bits per heavy atom. The highest BCUT2D eigenvalue weighted by Crippen LogP contribution is 2.28. The SMILES string of the molecule is Cc1ncsc1-c1ccc([C@H](C)NC(=O)[C@@H]2CCCN2C(O)Cc2cc(=O)[nH]o2)cc1. The number of aliphatic hydroxyl groups is 1. The fraction of sp³-hybridized carbons (Fsp3) is 0.409. The number of aryl methyl sites for hydroxylation is 1. The molecule has 3 aromatic rings. The first-order chi connectivity index (χ1) is 14.9. The Morgan fingerprint density at radius 2 is 2.19 bits per heavy atom. The maximum atomic E-state index is 12.9. The van der Waals surface area contributed by atoms with Gasteiger partial charge in [0.05, 0.1) is 28.2 Å². The number of nitrogens with one attached hydrogen (secondary N) is 2. The topological polar surface area (TPSA) is 111 Å². The molecular formula is C22H26N4O4S. The normalized spacial score (nSPS) is 18.7. The minimum atomic E-state index is -0.894. The van der Waals surface area contributed by atoms with Crippen LogP contribution in [0.3, 0.4) is 0 Å². The van der Waals surface area contributed by atoms with Crippen LogP contribution < -0.4 is 10.9 Å². The zero-order chi connectivity index (χ0) is 22.0. The third-order valence-corrected chi connectivity index (χ3v) is 6.69. The number of hydrogen-bond donors (Lipinski definition) is 3. The molecule has 8 nitrogen and oxygen atoms in total. The summed E-state index contributed by atoms with van der Waals surface area (Å²) in [5, 5.41) is 15.9. The number of benzene rings is 1. The third kappa shape index (κ3) is 4.79. The summed E-state index contributed by atoms with van der Waals surface area (Å²) < 4.78 is 5.03. The summed E-state index contributed by atoms with van der Waals surface area (Å²) in [6.45, 7) is 4.56. The van der Waals surface area contributed by atoms with Crippen molar-refractivity contribution in [3.8, 4) is 10.4 Å². The van der Waals surface area contributed by atoms with E-state index in [0.717, 1.165) is 28.1 Å². The second kappa shape index (κ2) is 9.17. The Bertz CT molecular complexity index is 1090. The molecule has 1 fully saturated rings. The molecule has 4 rings (SSSR count). The van der Waals surface area contributed by atoms with Gasteiger partial charge in [0.2, 0.25) is 5.91 Å². The molecule has 1 aromatic carbocycles. The van der Waals surface area contributed by atoms with Gasteiger partial charge in [-0.25, -0.2) is 4.98 Å². The number of likely N-dealkylation sites (tertiary alicyclic amines) is 1. The van der Waals surface area contributed by atoms with Gasteiger partial charge in [-0.15, -0.1) is 11.3 Å². The number of aliphatic hydroxyl groups excluding tert-OH is 1. The van der Waals surface area contributed by atoms with E-state index in [-0.39, 0.29) is 23.9 Å². The van der Waals surface area contributed by atoms with Gasteiger partial charge in [0.25, 0.3) is 5.56 Å². The zero-order valence-electron chi connectivity index (χ0n) is 17.5. The molecule has 9 heteroatoms. The van der Waals surface area contributed by atoms with Crippen LogP contribution in [0.25, 0.3) is 10.4 Å². The number of aromatic nitrogens is 2. The average Bonchev–Trinajstić information content (AvgIpc) is 3.49. The standard InChI is InChI=1S/C22H26N4O4S/c1-13(15-5-7-16(8-6-15)21-14(2)23-12-31-21)24-22(29)18-4-3-9-26(18)20(28)11-17-10-19(27)25-30-17/h5-8,10,12-13,18,20,28H,3-4,9,11H2,1-2H3,(H,24,29)(H,25,27)/t13-,18-,20?/m0/s1. The second-order valence-electron chi connectivity index (χ2n) is 7.88. The predicted molar refractivity (Wildman–Crippen MR) is 118 cm³/mol. The van der Waals surface area contributed by atoms with Crippen LogP contribution in [0.2, 0.25) is 0 Å². The van der Waals surface area contributed by atoms with E-state index in [2.05, 4.69) is 27.6 Å². The summed E-state index contributed by atoms with van der Waals surface area (Å²) in [6, 6.07) is 8.88. The molecule has 3 atom stereocenters. The predicted octanol–water partition coefficient (Wildman–Crippen LogP) is 2.60. The molecule has 3 heterocycles. The Balaban J connectivity index is 1.38. The number of rotatable bonds is 7. The monoisotopic (exact) mass is 442 g/mol. The number of aromatic amines is 1. The van der Waals surface area contributed by atoms with Gasteiger partial charge in [-0.2, -0.15) is 5.16 Å². The van der Waals surface area contributed by atoms with E-state index < -0.39 is 12.3 Å². The summed E-state index contributed by atoms with van der Waals surface area (Å²) in [7, 11) is 0. The molecule has 1 aliphatic rings. The number of thiazole rings is 1. The molecular weight excluding hydrogens is 416 g/mol. The molecule has 1 saturated heterocycles. The molecule has 0 spiro atoms. The first-order valence-electron chi connectivity index (χ1n) is 10.3. The molecule has 3 N–H and O–H groups in total. The van der Waals surface area contributed by atoms with E-state index in [1.807, 2.05) is 31.5 Å². The van der Waals surface area contributed by atoms with Crippen molar-refractivity contribution in [3.63, 3.8) is 0 Å². The molecule has 0 saturated carbocycles. The number of H-pyrrole nitrogens is 1. The average molecular weight is 443 g/mol. The van der Waals surface area contributed by atoms with Gasteiger partial charge in [0, 0.05) is 19.0 Å². The lowest BCUT2D eigenvalue weighted by molar-refractivity contribution is -0.130. The first kappa shape index (κ1) is 21.5. The van der Waals surface area contributed by atoms with E-state index in [9.17, 15) is 14.7 Å². The Morgan fingerprint density at radius 1 is 1.42 bits per heavy atom. The van der Waals surface area contributed by atoms with Crippen LogP contribution in [0.5, 0.6) is 0 Å². The fourth-order valence-electron chi connectivity index (χ4n) is 4.04. The van der Waals surface area contributed by atoms with Crippen LogP contribution in [0, 0.1) is 6.92 Å². The second-order valence-corrected chi connectivity index (χ2v) is 8.73. The van der Waals surface area contributed by atoms with E-state index >= 15 is 0 Å². The van der Waals surface area contributed by atoms with Gasteiger partial charge >= 0.3 is 0 Å². The lowest BCUT2D eigenvalue weighted by Gasteiger charge is -2.29. The number of amides is 1. The lowest BCUT2D eigenvalue weighted by atomic mass is 10.0. The van der Waals surface area contributed by atoms with Crippen molar-refractivity contribution in [2.24, 2.45) is 0 Å². The minimum Gasteiger partial charge on any atom is -0.383 e. The van der Waals surface area contributed by atoms with Crippen molar-refractivity contribution in [1.29, 1.82) is 0 Å². The zero-order valence-corrected chi connectivity index (χ0v) is 18.3. The van der Waals surface area contributed by atoms with Gasteiger partial charge < -0.3 is 14.9 Å². The van der Waals surface area contributed by atoms with Crippen LogP contribution in [-0.4, -0.2) is 44.9 Å². The summed E-state index contributed by atoms with van der Waals surface area (Å²) in [5.74, 6) is 0.259. The Labute approximate surface area is 183 Å². The highest BCUT2D eigenvalue weighted by atomic mass is 32.1. The van der Waals surface area contributed by atoms with Crippen LogP contribution in [0.4, 0.5) is 0 Å². The molecule has 164 valence electrons. The van der Waals surface area contributed by atoms with Gasteiger partial charge in [0.15, 0.2) is 0 Å². The van der Waals surface area contributed by atoms with Gasteiger partial charge in [-0.3, -0.25) is 14.5 Å².